The number of aromatic nitrogens is 1. The molecule has 2 aliphatic heterocycles. The maximum atomic E-state index is 13.1. The number of amides is 1. The van der Waals surface area contributed by atoms with Crippen LogP contribution in [0.4, 0.5) is 18.9 Å². The van der Waals surface area contributed by atoms with Gasteiger partial charge in [0, 0.05) is 66.2 Å². The van der Waals surface area contributed by atoms with Gasteiger partial charge < -0.3 is 9.80 Å². The van der Waals surface area contributed by atoms with Crippen molar-refractivity contribution in [3.05, 3.63) is 74.2 Å². The minimum absolute atomic E-state index is 0.124. The molecule has 12 heteroatoms. The van der Waals surface area contributed by atoms with Gasteiger partial charge in [-0.15, -0.1) is 11.3 Å². The third kappa shape index (κ3) is 6.42. The summed E-state index contributed by atoms with van der Waals surface area (Å²) in [7, 11) is 0. The van der Waals surface area contributed by atoms with Crippen LogP contribution in [0.15, 0.2) is 52.7 Å². The van der Waals surface area contributed by atoms with E-state index in [0.717, 1.165) is 48.0 Å². The van der Waals surface area contributed by atoms with Crippen LogP contribution in [0.25, 0.3) is 0 Å². The number of piperidine rings is 1. The number of hydrogen-bond donors (Lipinski definition) is 0. The third-order valence-corrected chi connectivity index (χ3v) is 9.61. The number of halogens is 5. The maximum Gasteiger partial charge on any atom is 0.416 e. The molecule has 0 N–H and O–H groups in total. The van der Waals surface area contributed by atoms with E-state index >= 15 is 0 Å². The Labute approximate surface area is 237 Å². The van der Waals surface area contributed by atoms with E-state index in [1.807, 2.05) is 22.4 Å². The Morgan fingerprint density at radius 3 is 2.42 bits per heavy atom. The molecule has 2 saturated heterocycles. The van der Waals surface area contributed by atoms with Crippen LogP contribution in [0, 0.1) is 0 Å². The quantitative estimate of drug-likeness (QED) is 0.287. The van der Waals surface area contributed by atoms with E-state index in [1.54, 1.807) is 29.0 Å². The van der Waals surface area contributed by atoms with Crippen LogP contribution in [-0.4, -0.2) is 59.4 Å². The first-order chi connectivity index (χ1) is 18.2. The van der Waals surface area contributed by atoms with Crippen LogP contribution in [0.3, 0.4) is 0 Å². The number of hydrogen-bond acceptors (Lipinski definition) is 6. The number of carbonyl (C=O) groups is 1. The summed E-state index contributed by atoms with van der Waals surface area (Å²) in [6, 6.07) is 10.8. The number of piperazine rings is 1. The second-order valence-corrected chi connectivity index (χ2v) is 12.1. The molecule has 0 unspecified atom stereocenters. The zero-order valence-corrected chi connectivity index (χ0v) is 23.4. The van der Waals surface area contributed by atoms with E-state index in [4.69, 9.17) is 23.2 Å². The van der Waals surface area contributed by atoms with Gasteiger partial charge in [0.15, 0.2) is 0 Å². The van der Waals surface area contributed by atoms with Gasteiger partial charge in [-0.05, 0) is 61.2 Å². The van der Waals surface area contributed by atoms with Gasteiger partial charge in [-0.25, -0.2) is 9.29 Å². The lowest BCUT2D eigenvalue weighted by Gasteiger charge is -2.36. The molecule has 2 aliphatic rings. The first-order valence-electron chi connectivity index (χ1n) is 12.2. The SMILES string of the molecule is O=C(c1csc(C2CCN(Sc3ccc(Cl)cc3Cl)CC2)n1)N1CCN(c2cccc(C(F)(F)F)c2)CC1. The van der Waals surface area contributed by atoms with Gasteiger partial charge in [0.25, 0.3) is 5.91 Å². The number of rotatable bonds is 5. The molecule has 3 heterocycles. The van der Waals surface area contributed by atoms with Crippen molar-refractivity contribution in [2.24, 2.45) is 0 Å². The Morgan fingerprint density at radius 1 is 1.00 bits per heavy atom. The fourth-order valence-electron chi connectivity index (χ4n) is 4.66. The van der Waals surface area contributed by atoms with Crippen LogP contribution in [0.1, 0.15) is 39.8 Å². The van der Waals surface area contributed by atoms with Crippen LogP contribution in [-0.2, 0) is 6.18 Å². The van der Waals surface area contributed by atoms with Gasteiger partial charge in [0.2, 0.25) is 0 Å². The lowest BCUT2D eigenvalue weighted by atomic mass is 9.99. The monoisotopic (exact) mass is 600 g/mol. The molecule has 2 aromatic carbocycles. The molecule has 5 rings (SSSR count). The van der Waals surface area contributed by atoms with E-state index in [9.17, 15) is 18.0 Å². The lowest BCUT2D eigenvalue weighted by Crippen LogP contribution is -2.49. The number of nitrogens with zero attached hydrogens (tertiary/aromatic N) is 4. The predicted molar refractivity (Wildman–Crippen MR) is 148 cm³/mol. The van der Waals surface area contributed by atoms with Gasteiger partial charge in [-0.2, -0.15) is 13.2 Å². The van der Waals surface area contributed by atoms with Crippen molar-refractivity contribution in [3.63, 3.8) is 0 Å². The van der Waals surface area contributed by atoms with Gasteiger partial charge in [0.1, 0.15) is 5.69 Å². The summed E-state index contributed by atoms with van der Waals surface area (Å²) in [5.74, 6) is 0.179. The number of anilines is 1. The molecule has 0 spiro atoms. The average Bonchev–Trinajstić information content (AvgIpc) is 3.40. The van der Waals surface area contributed by atoms with E-state index in [0.29, 0.717) is 53.5 Å². The van der Waals surface area contributed by atoms with E-state index in [2.05, 4.69) is 9.29 Å². The van der Waals surface area contributed by atoms with Crippen molar-refractivity contribution in [1.29, 1.82) is 0 Å². The van der Waals surface area contributed by atoms with E-state index in [-0.39, 0.29) is 5.91 Å². The van der Waals surface area contributed by atoms with Gasteiger partial charge in [-0.3, -0.25) is 4.79 Å². The number of alkyl halides is 3. The molecule has 2 fully saturated rings. The van der Waals surface area contributed by atoms with Crippen molar-refractivity contribution in [1.82, 2.24) is 14.2 Å². The predicted octanol–water partition coefficient (Wildman–Crippen LogP) is 7.32. The molecule has 3 aromatic rings. The molecular formula is C26H25Cl2F3N4OS2. The van der Waals surface area contributed by atoms with Crippen molar-refractivity contribution >= 4 is 58.1 Å². The maximum absolute atomic E-state index is 13.1. The minimum atomic E-state index is -4.38. The third-order valence-electron chi connectivity index (χ3n) is 6.77. The minimum Gasteiger partial charge on any atom is -0.368 e. The average molecular weight is 602 g/mol. The van der Waals surface area contributed by atoms with Crippen LogP contribution in [0.5, 0.6) is 0 Å². The first-order valence-corrected chi connectivity index (χ1v) is 14.6. The number of benzene rings is 2. The van der Waals surface area contributed by atoms with E-state index in [1.165, 1.54) is 17.4 Å². The van der Waals surface area contributed by atoms with Crippen molar-refractivity contribution in [2.45, 2.75) is 29.8 Å². The number of carbonyl (C=O) groups excluding carboxylic acids is 1. The fraction of sp³-hybridized carbons (Fsp3) is 0.385. The summed E-state index contributed by atoms with van der Waals surface area (Å²) in [4.78, 5) is 22.4. The molecule has 0 atom stereocenters. The van der Waals surface area contributed by atoms with Gasteiger partial charge >= 0.3 is 6.18 Å². The Bertz CT molecular complexity index is 1290. The van der Waals surface area contributed by atoms with Crippen LogP contribution in [0.2, 0.25) is 10.0 Å². The first kappa shape index (κ1) is 27.6. The molecule has 202 valence electrons. The summed E-state index contributed by atoms with van der Waals surface area (Å²) < 4.78 is 41.5. The lowest BCUT2D eigenvalue weighted by molar-refractivity contribution is -0.137. The smallest absolute Gasteiger partial charge is 0.368 e. The normalized spacial score (nSPS) is 17.7. The van der Waals surface area contributed by atoms with Crippen LogP contribution >= 0.6 is 46.5 Å². The topological polar surface area (TPSA) is 39.7 Å². The van der Waals surface area contributed by atoms with E-state index < -0.39 is 11.7 Å². The summed E-state index contributed by atoms with van der Waals surface area (Å²) in [5, 5.41) is 4.06. The molecule has 0 bridgehead atoms. The summed E-state index contributed by atoms with van der Waals surface area (Å²) in [6.45, 7) is 3.58. The molecule has 5 nitrogen and oxygen atoms in total. The molecular weight excluding hydrogens is 576 g/mol. The molecule has 0 aliphatic carbocycles. The van der Waals surface area contributed by atoms with Gasteiger partial charge in [-0.1, -0.05) is 29.3 Å². The van der Waals surface area contributed by atoms with Crippen molar-refractivity contribution in [3.8, 4) is 0 Å². The summed E-state index contributed by atoms with van der Waals surface area (Å²) in [5.41, 5.74) is 0.301. The van der Waals surface area contributed by atoms with Crippen molar-refractivity contribution < 1.29 is 18.0 Å². The molecule has 0 radical (unpaired) electrons. The molecule has 1 amide bonds. The second kappa shape index (κ2) is 11.6. The van der Waals surface area contributed by atoms with Crippen LogP contribution < -0.4 is 4.90 Å². The highest BCUT2D eigenvalue weighted by atomic mass is 35.5. The highest BCUT2D eigenvalue weighted by molar-refractivity contribution is 7.97. The second-order valence-electron chi connectivity index (χ2n) is 9.27. The highest BCUT2D eigenvalue weighted by Gasteiger charge is 2.32. The summed E-state index contributed by atoms with van der Waals surface area (Å²) in [6.07, 6.45) is -2.50. The fourth-order valence-corrected chi connectivity index (χ4v) is 7.09. The standard InChI is InChI=1S/C26H25Cl2F3N4OS2/c27-19-4-5-23(21(28)15-19)38-35-8-6-17(7-9-35)24-32-22(16-37-24)25(36)34-12-10-33(11-13-34)20-3-1-2-18(14-20)26(29,30)31/h1-5,14-17H,6-13H2. The van der Waals surface area contributed by atoms with Crippen molar-refractivity contribution in [2.75, 3.05) is 44.2 Å². The Hall–Kier alpha value is -1.98. The molecule has 38 heavy (non-hydrogen) atoms. The zero-order valence-electron chi connectivity index (χ0n) is 20.3. The zero-order chi connectivity index (χ0) is 26.9. The largest absolute Gasteiger partial charge is 0.416 e. The number of thiazole rings is 1. The molecule has 1 aromatic heterocycles. The Kier molecular flexibility index (Phi) is 8.45. The summed E-state index contributed by atoms with van der Waals surface area (Å²) >= 11 is 15.5. The van der Waals surface area contributed by atoms with Gasteiger partial charge in [0.05, 0.1) is 15.6 Å². The highest BCUT2D eigenvalue weighted by Crippen LogP contribution is 2.37. The Balaban J connectivity index is 1.13. The molecule has 0 saturated carbocycles. The Morgan fingerprint density at radius 2 is 1.74 bits per heavy atom.